The Labute approximate surface area is 132 Å². The van der Waals surface area contributed by atoms with Crippen LogP contribution in [-0.4, -0.2) is 12.0 Å². The Morgan fingerprint density at radius 2 is 1.86 bits per heavy atom. The van der Waals surface area contributed by atoms with E-state index in [1.54, 1.807) is 18.2 Å². The van der Waals surface area contributed by atoms with E-state index >= 15 is 0 Å². The first-order valence-corrected chi connectivity index (χ1v) is 7.13. The number of nitrogens with zero attached hydrogens (tertiary/aromatic N) is 1. The summed E-state index contributed by atoms with van der Waals surface area (Å²) in [7, 11) is 0. The molecule has 110 valence electrons. The number of carbonyl (C=O) groups excluding carboxylic acids is 1. The van der Waals surface area contributed by atoms with E-state index in [0.29, 0.717) is 22.8 Å². The Morgan fingerprint density at radius 3 is 2.59 bits per heavy atom. The maximum Gasteiger partial charge on any atom is 0.330 e. The van der Waals surface area contributed by atoms with Gasteiger partial charge in [0.15, 0.2) is 0 Å². The third-order valence-corrected chi connectivity index (χ3v) is 3.73. The third kappa shape index (κ3) is 2.92. The second kappa shape index (κ2) is 6.12. The van der Waals surface area contributed by atoms with Crippen molar-refractivity contribution in [3.63, 3.8) is 0 Å². The minimum absolute atomic E-state index is 0.484. The summed E-state index contributed by atoms with van der Waals surface area (Å²) in [6, 6.07) is 14.7. The van der Waals surface area contributed by atoms with Crippen LogP contribution in [0.15, 0.2) is 59.3 Å². The molecular weight excluding hydrogens is 302 g/mol. The zero-order valence-electron chi connectivity index (χ0n) is 11.5. The number of fused-ring (bicyclic) bond motifs is 1. The van der Waals surface area contributed by atoms with Gasteiger partial charge in [-0.3, -0.25) is 4.79 Å². The van der Waals surface area contributed by atoms with Crippen molar-refractivity contribution in [3.8, 4) is 5.75 Å². The summed E-state index contributed by atoms with van der Waals surface area (Å²) >= 11 is 5.87. The normalized spacial score (nSPS) is 16.2. The molecule has 0 radical (unpaired) electrons. The number of rotatable bonds is 3. The lowest BCUT2D eigenvalue weighted by Gasteiger charge is -2.24. The highest BCUT2D eigenvalue weighted by atomic mass is 35.5. The van der Waals surface area contributed by atoms with Gasteiger partial charge in [0.2, 0.25) is 6.10 Å². The van der Waals surface area contributed by atoms with E-state index < -0.39 is 12.0 Å². The largest absolute Gasteiger partial charge is 0.475 e. The molecule has 1 aliphatic heterocycles. The van der Waals surface area contributed by atoms with Crippen LogP contribution >= 0.6 is 11.6 Å². The number of nitroso groups, excluding NO2 is 1. The smallest absolute Gasteiger partial charge is 0.330 e. The molecule has 2 aromatic carbocycles. The van der Waals surface area contributed by atoms with Gasteiger partial charge in [0.1, 0.15) is 5.75 Å². The van der Waals surface area contributed by atoms with E-state index in [9.17, 15) is 9.70 Å². The van der Waals surface area contributed by atoms with Crippen molar-refractivity contribution in [3.05, 3.63) is 75.2 Å². The first-order chi connectivity index (χ1) is 10.7. The Morgan fingerprint density at radius 1 is 1.14 bits per heavy atom. The van der Waals surface area contributed by atoms with Crippen LogP contribution in [0.4, 0.5) is 0 Å². The Kier molecular flexibility index (Phi) is 4.02. The molecule has 1 aliphatic rings. The summed E-state index contributed by atoms with van der Waals surface area (Å²) in [6.07, 6.45) is 1.39. The van der Waals surface area contributed by atoms with E-state index in [4.69, 9.17) is 16.3 Å². The second-order valence-electron chi connectivity index (χ2n) is 4.99. The molecule has 0 fully saturated rings. The monoisotopic (exact) mass is 313 g/mol. The number of benzene rings is 2. The van der Waals surface area contributed by atoms with E-state index in [0.717, 1.165) is 11.1 Å². The number of amides is 1. The summed E-state index contributed by atoms with van der Waals surface area (Å²) in [4.78, 5) is 22.4. The van der Waals surface area contributed by atoms with Crippen molar-refractivity contribution in [2.75, 3.05) is 0 Å². The van der Waals surface area contributed by atoms with Crippen LogP contribution in [0.1, 0.15) is 11.1 Å². The van der Waals surface area contributed by atoms with Crippen molar-refractivity contribution in [2.24, 2.45) is 5.18 Å². The van der Waals surface area contributed by atoms with E-state index in [1.807, 2.05) is 36.4 Å². The first kappa shape index (κ1) is 14.5. The molecule has 1 atom stereocenters. The average Bonchev–Trinajstić information content (AvgIpc) is 2.55. The molecule has 0 aromatic heterocycles. The Bertz CT molecular complexity index is 753. The highest BCUT2D eigenvalue weighted by Crippen LogP contribution is 2.31. The summed E-state index contributed by atoms with van der Waals surface area (Å²) < 4.78 is 5.66. The zero-order valence-corrected chi connectivity index (χ0v) is 12.3. The molecule has 1 unspecified atom stereocenters. The molecule has 0 saturated heterocycles. The van der Waals surface area contributed by atoms with Gasteiger partial charge in [-0.05, 0) is 41.8 Å². The molecule has 0 spiro atoms. The Hall–Kier alpha value is -2.46. The van der Waals surface area contributed by atoms with E-state index in [1.165, 1.54) is 0 Å². The molecule has 1 heterocycles. The van der Waals surface area contributed by atoms with Crippen LogP contribution in [-0.2, 0) is 11.2 Å². The van der Waals surface area contributed by atoms with Gasteiger partial charge in [-0.15, -0.1) is 4.91 Å². The number of carbonyl (C=O) groups is 1. The molecular formula is C17H12ClNO3. The van der Waals surface area contributed by atoms with Gasteiger partial charge in [-0.2, -0.15) is 0 Å². The molecule has 5 heteroatoms. The molecule has 0 aliphatic carbocycles. The van der Waals surface area contributed by atoms with Crippen molar-refractivity contribution in [1.82, 2.24) is 0 Å². The van der Waals surface area contributed by atoms with Gasteiger partial charge in [0, 0.05) is 15.8 Å². The summed E-state index contributed by atoms with van der Waals surface area (Å²) in [5.41, 5.74) is 2.55. The number of ether oxygens (including phenoxy) is 1. The fourth-order valence-corrected chi connectivity index (χ4v) is 2.55. The summed E-state index contributed by atoms with van der Waals surface area (Å²) in [5.74, 6) is -0.251. The van der Waals surface area contributed by atoms with Gasteiger partial charge in [0.05, 0.1) is 0 Å². The fourth-order valence-electron chi connectivity index (χ4n) is 2.42. The van der Waals surface area contributed by atoms with Gasteiger partial charge >= 0.3 is 5.91 Å². The topological polar surface area (TPSA) is 55.7 Å². The third-order valence-electron chi connectivity index (χ3n) is 3.48. The molecule has 2 aromatic rings. The molecule has 3 rings (SSSR count). The molecule has 0 saturated carbocycles. The predicted molar refractivity (Wildman–Crippen MR) is 84.8 cm³/mol. The van der Waals surface area contributed by atoms with E-state index in [2.05, 4.69) is 5.18 Å². The van der Waals surface area contributed by atoms with Crippen LogP contribution < -0.4 is 4.74 Å². The van der Waals surface area contributed by atoms with Crippen LogP contribution in [0.25, 0.3) is 6.08 Å². The van der Waals surface area contributed by atoms with Crippen LogP contribution in [0.3, 0.4) is 0 Å². The predicted octanol–water partition coefficient (Wildman–Crippen LogP) is 4.02. The van der Waals surface area contributed by atoms with Crippen molar-refractivity contribution < 1.29 is 9.53 Å². The number of hydrogen-bond donors (Lipinski definition) is 0. The van der Waals surface area contributed by atoms with Gasteiger partial charge in [0.25, 0.3) is 0 Å². The standard InChI is InChI=1S/C17H12ClNO3/c18-14-7-5-11(6-8-14)9-13-10-12-3-1-2-4-15(12)22-16(13)17(20)19-21/h1-8,10,16H,9H2. The lowest BCUT2D eigenvalue weighted by atomic mass is 9.95. The highest BCUT2D eigenvalue weighted by Gasteiger charge is 2.30. The molecule has 22 heavy (non-hydrogen) atoms. The maximum atomic E-state index is 11.8. The van der Waals surface area contributed by atoms with E-state index in [-0.39, 0.29) is 0 Å². The quantitative estimate of drug-likeness (QED) is 0.804. The van der Waals surface area contributed by atoms with Crippen molar-refractivity contribution in [1.29, 1.82) is 0 Å². The van der Waals surface area contributed by atoms with Gasteiger partial charge < -0.3 is 4.74 Å². The maximum absolute atomic E-state index is 11.8. The highest BCUT2D eigenvalue weighted by molar-refractivity contribution is 6.30. The lowest BCUT2D eigenvalue weighted by molar-refractivity contribution is -0.123. The van der Waals surface area contributed by atoms with Crippen LogP contribution in [0.2, 0.25) is 5.02 Å². The second-order valence-corrected chi connectivity index (χ2v) is 5.42. The average molecular weight is 314 g/mol. The van der Waals surface area contributed by atoms with Gasteiger partial charge in [-0.1, -0.05) is 41.9 Å². The number of hydrogen-bond acceptors (Lipinski definition) is 3. The zero-order chi connectivity index (χ0) is 15.5. The van der Waals surface area contributed by atoms with Crippen molar-refractivity contribution >= 4 is 23.6 Å². The van der Waals surface area contributed by atoms with Crippen LogP contribution in [0.5, 0.6) is 5.75 Å². The number of halogens is 1. The van der Waals surface area contributed by atoms with Gasteiger partial charge in [-0.25, -0.2) is 0 Å². The first-order valence-electron chi connectivity index (χ1n) is 6.75. The summed E-state index contributed by atoms with van der Waals surface area (Å²) in [6.45, 7) is 0. The summed E-state index contributed by atoms with van der Waals surface area (Å²) in [5, 5.41) is 3.16. The SMILES string of the molecule is O=NC(=O)C1Oc2ccccc2C=C1Cc1ccc(Cl)cc1. The minimum Gasteiger partial charge on any atom is -0.475 e. The molecule has 0 bridgehead atoms. The molecule has 1 amide bonds. The molecule has 0 N–H and O–H groups in total. The van der Waals surface area contributed by atoms with Crippen molar-refractivity contribution in [2.45, 2.75) is 12.5 Å². The lowest BCUT2D eigenvalue weighted by Crippen LogP contribution is -2.31. The number of para-hydroxylation sites is 1. The fraction of sp³-hybridized carbons (Fsp3) is 0.118. The Balaban J connectivity index is 1.96. The van der Waals surface area contributed by atoms with Crippen LogP contribution in [0, 0.1) is 4.91 Å². The minimum atomic E-state index is -0.969. The molecule has 4 nitrogen and oxygen atoms in total.